The summed E-state index contributed by atoms with van der Waals surface area (Å²) < 4.78 is 0. The number of anilines is 2. The number of halogens is 2. The Labute approximate surface area is 167 Å². The zero-order valence-corrected chi connectivity index (χ0v) is 16.7. The van der Waals surface area contributed by atoms with Crippen LogP contribution in [0.1, 0.15) is 10.6 Å². The number of carbonyl (C=O) groups is 2. The van der Waals surface area contributed by atoms with E-state index in [-0.39, 0.29) is 5.13 Å². The van der Waals surface area contributed by atoms with Crippen molar-refractivity contribution in [2.75, 3.05) is 10.6 Å². The minimum Gasteiger partial charge on any atom is -0.294 e. The van der Waals surface area contributed by atoms with Gasteiger partial charge in [0.15, 0.2) is 10.3 Å². The lowest BCUT2D eigenvalue weighted by Crippen LogP contribution is -2.29. The van der Waals surface area contributed by atoms with Crippen molar-refractivity contribution in [3.05, 3.63) is 44.2 Å². The predicted molar refractivity (Wildman–Crippen MR) is 106 cm³/mol. The number of aromatic nitrogens is 2. The molecule has 0 spiro atoms. The van der Waals surface area contributed by atoms with Crippen molar-refractivity contribution in [3.8, 4) is 11.3 Å². The molecule has 0 bridgehead atoms. The molecule has 0 unspecified atom stereocenters. The van der Waals surface area contributed by atoms with Crippen LogP contribution in [0.15, 0.2) is 23.6 Å². The molecule has 26 heavy (non-hydrogen) atoms. The van der Waals surface area contributed by atoms with E-state index in [9.17, 15) is 9.59 Å². The van der Waals surface area contributed by atoms with Crippen molar-refractivity contribution in [1.82, 2.24) is 9.97 Å². The van der Waals surface area contributed by atoms with Gasteiger partial charge in [-0.15, -0.1) is 22.7 Å². The van der Waals surface area contributed by atoms with Gasteiger partial charge in [-0.2, -0.15) is 0 Å². The molecule has 0 radical (unpaired) electrons. The van der Waals surface area contributed by atoms with E-state index in [1.807, 2.05) is 13.8 Å². The molecule has 0 atom stereocenters. The number of benzene rings is 1. The lowest BCUT2D eigenvalue weighted by molar-refractivity contribution is -0.132. The topological polar surface area (TPSA) is 84.0 Å². The highest BCUT2D eigenvalue weighted by molar-refractivity contribution is 7.16. The van der Waals surface area contributed by atoms with Gasteiger partial charge in [-0.3, -0.25) is 20.2 Å². The Morgan fingerprint density at radius 1 is 1.04 bits per heavy atom. The fourth-order valence-electron chi connectivity index (χ4n) is 1.99. The Balaban J connectivity index is 1.68. The van der Waals surface area contributed by atoms with Crippen LogP contribution in [-0.4, -0.2) is 21.8 Å². The molecule has 2 heterocycles. The number of rotatable bonds is 3. The molecule has 6 nitrogen and oxygen atoms in total. The highest BCUT2D eigenvalue weighted by Gasteiger charge is 2.18. The van der Waals surface area contributed by atoms with Gasteiger partial charge in [-0.1, -0.05) is 23.2 Å². The number of nitrogens with one attached hydrogen (secondary N) is 2. The molecular formula is C16H12Cl2N4O2S2. The van der Waals surface area contributed by atoms with Crippen molar-refractivity contribution in [2.45, 2.75) is 13.8 Å². The lowest BCUT2D eigenvalue weighted by atomic mass is 10.2. The molecule has 2 aromatic heterocycles. The molecule has 1 aromatic carbocycles. The first-order chi connectivity index (χ1) is 12.3. The second-order valence-electron chi connectivity index (χ2n) is 5.23. The minimum atomic E-state index is -0.821. The molecule has 2 amide bonds. The maximum Gasteiger partial charge on any atom is 0.315 e. The highest BCUT2D eigenvalue weighted by Crippen LogP contribution is 2.32. The van der Waals surface area contributed by atoms with E-state index >= 15 is 0 Å². The standard InChI is InChI=1S/C16H12Cl2N4O2S2/c1-7-8(2)26-16(19-7)22-14(24)13(23)21-15-20-12(6-25-15)10-4-3-9(17)5-11(10)18/h3-6H,1-2H3,(H,19,22,24)(H,20,21,23). The molecule has 0 fully saturated rings. The zero-order chi connectivity index (χ0) is 18.8. The molecule has 0 aliphatic rings. The van der Waals surface area contributed by atoms with Gasteiger partial charge in [-0.25, -0.2) is 9.97 Å². The van der Waals surface area contributed by atoms with E-state index in [2.05, 4.69) is 20.6 Å². The average molecular weight is 427 g/mol. The Morgan fingerprint density at radius 3 is 2.35 bits per heavy atom. The minimum absolute atomic E-state index is 0.290. The third-order valence-electron chi connectivity index (χ3n) is 3.39. The highest BCUT2D eigenvalue weighted by atomic mass is 35.5. The van der Waals surface area contributed by atoms with Crippen LogP contribution in [-0.2, 0) is 9.59 Å². The SMILES string of the molecule is Cc1nc(NC(=O)C(=O)Nc2nc(-c3ccc(Cl)cc3Cl)cs2)sc1C. The van der Waals surface area contributed by atoms with Crippen molar-refractivity contribution < 1.29 is 9.59 Å². The third-order valence-corrected chi connectivity index (χ3v) is 5.68. The third kappa shape index (κ3) is 4.21. The van der Waals surface area contributed by atoms with Gasteiger partial charge >= 0.3 is 11.8 Å². The smallest absolute Gasteiger partial charge is 0.294 e. The first-order valence-corrected chi connectivity index (χ1v) is 9.76. The lowest BCUT2D eigenvalue weighted by Gasteiger charge is -2.02. The van der Waals surface area contributed by atoms with Crippen molar-refractivity contribution >= 4 is 68.0 Å². The first-order valence-electron chi connectivity index (χ1n) is 7.31. The molecule has 0 aliphatic carbocycles. The van der Waals surface area contributed by atoms with Crippen molar-refractivity contribution in [1.29, 1.82) is 0 Å². The Bertz CT molecular complexity index is 981. The van der Waals surface area contributed by atoms with Crippen LogP contribution in [0.25, 0.3) is 11.3 Å². The van der Waals surface area contributed by atoms with Gasteiger partial charge in [-0.05, 0) is 32.0 Å². The number of aryl methyl sites for hydroxylation is 2. The number of thiazole rings is 2. The van der Waals surface area contributed by atoms with Gasteiger partial charge in [0.25, 0.3) is 0 Å². The summed E-state index contributed by atoms with van der Waals surface area (Å²) in [7, 11) is 0. The summed E-state index contributed by atoms with van der Waals surface area (Å²) >= 11 is 14.5. The Hall–Kier alpha value is -2.00. The van der Waals surface area contributed by atoms with Gasteiger partial charge in [0.2, 0.25) is 0 Å². The Kier molecular flexibility index (Phi) is 5.57. The summed E-state index contributed by atoms with van der Waals surface area (Å²) in [5.41, 5.74) is 2.08. The van der Waals surface area contributed by atoms with E-state index in [1.54, 1.807) is 23.6 Å². The second-order valence-corrected chi connectivity index (χ2v) is 8.14. The summed E-state index contributed by atoms with van der Waals surface area (Å²) in [6.45, 7) is 3.72. The largest absolute Gasteiger partial charge is 0.315 e. The van der Waals surface area contributed by atoms with Crippen LogP contribution < -0.4 is 10.6 Å². The van der Waals surface area contributed by atoms with Gasteiger partial charge < -0.3 is 0 Å². The van der Waals surface area contributed by atoms with E-state index < -0.39 is 11.8 Å². The predicted octanol–water partition coefficient (Wildman–Crippen LogP) is 4.77. The molecule has 0 aliphatic heterocycles. The average Bonchev–Trinajstić information content (AvgIpc) is 3.14. The number of carbonyl (C=O) groups excluding carboxylic acids is 2. The molecule has 0 saturated heterocycles. The van der Waals surface area contributed by atoms with E-state index in [0.29, 0.717) is 26.4 Å². The molecule has 10 heteroatoms. The zero-order valence-electron chi connectivity index (χ0n) is 13.6. The first kappa shape index (κ1) is 18.8. The summed E-state index contributed by atoms with van der Waals surface area (Å²) in [6, 6.07) is 5.05. The number of hydrogen-bond acceptors (Lipinski definition) is 6. The van der Waals surface area contributed by atoms with Crippen LogP contribution in [0.5, 0.6) is 0 Å². The van der Waals surface area contributed by atoms with Crippen LogP contribution in [0, 0.1) is 13.8 Å². The molecular weight excluding hydrogens is 415 g/mol. The summed E-state index contributed by atoms with van der Waals surface area (Å²) in [4.78, 5) is 33.5. The fourth-order valence-corrected chi connectivity index (χ4v) is 4.01. The maximum atomic E-state index is 12.0. The van der Waals surface area contributed by atoms with Crippen molar-refractivity contribution in [2.24, 2.45) is 0 Å². The van der Waals surface area contributed by atoms with Crippen molar-refractivity contribution in [3.63, 3.8) is 0 Å². The van der Waals surface area contributed by atoms with Crippen LogP contribution in [0.3, 0.4) is 0 Å². The number of hydrogen-bond donors (Lipinski definition) is 2. The van der Waals surface area contributed by atoms with Crippen LogP contribution in [0.2, 0.25) is 10.0 Å². The maximum absolute atomic E-state index is 12.0. The van der Waals surface area contributed by atoms with E-state index in [0.717, 1.165) is 10.6 Å². The van der Waals surface area contributed by atoms with Crippen LogP contribution >= 0.6 is 45.9 Å². The summed E-state index contributed by atoms with van der Waals surface area (Å²) in [5, 5.41) is 8.32. The van der Waals surface area contributed by atoms with E-state index in [4.69, 9.17) is 23.2 Å². The van der Waals surface area contributed by atoms with Gasteiger partial charge in [0, 0.05) is 20.8 Å². The Morgan fingerprint density at radius 2 is 1.73 bits per heavy atom. The van der Waals surface area contributed by atoms with Gasteiger partial charge in [0.05, 0.1) is 16.4 Å². The van der Waals surface area contributed by atoms with Crippen LogP contribution in [0.4, 0.5) is 10.3 Å². The van der Waals surface area contributed by atoms with E-state index in [1.165, 1.54) is 22.7 Å². The second kappa shape index (κ2) is 7.71. The molecule has 0 saturated carbocycles. The number of nitrogens with zero attached hydrogens (tertiary/aromatic N) is 2. The summed E-state index contributed by atoms with van der Waals surface area (Å²) in [5.74, 6) is -1.63. The quantitative estimate of drug-likeness (QED) is 0.590. The molecule has 134 valence electrons. The summed E-state index contributed by atoms with van der Waals surface area (Å²) in [6.07, 6.45) is 0. The normalized spacial score (nSPS) is 10.6. The molecule has 3 rings (SSSR count). The molecule has 3 aromatic rings. The number of amides is 2. The van der Waals surface area contributed by atoms with Gasteiger partial charge in [0.1, 0.15) is 0 Å². The fraction of sp³-hybridized carbons (Fsp3) is 0.125. The monoisotopic (exact) mass is 426 g/mol. The molecule has 2 N–H and O–H groups in total.